The Morgan fingerprint density at radius 1 is 1.50 bits per heavy atom. The summed E-state index contributed by atoms with van der Waals surface area (Å²) in [5.74, 6) is 1.72. The Kier molecular flexibility index (Phi) is 2.32. The maximum atomic E-state index is 10.5. The summed E-state index contributed by atoms with van der Waals surface area (Å²) in [7, 11) is 0. The first-order chi connectivity index (χ1) is 7.79. The van der Waals surface area contributed by atoms with Crippen molar-refractivity contribution in [1.82, 2.24) is 9.38 Å². The normalized spacial score (nSPS) is 15.6. The van der Waals surface area contributed by atoms with Crippen LogP contribution >= 0.6 is 15.9 Å². The van der Waals surface area contributed by atoms with E-state index in [1.807, 2.05) is 18.3 Å². The van der Waals surface area contributed by atoms with Crippen LogP contribution < -0.4 is 0 Å². The van der Waals surface area contributed by atoms with E-state index in [1.165, 1.54) is 12.8 Å². The molecule has 2 heterocycles. The molecular weight excluding hydrogens is 268 g/mol. The highest BCUT2D eigenvalue weighted by Gasteiger charge is 2.28. The van der Waals surface area contributed by atoms with E-state index in [9.17, 15) is 4.79 Å². The van der Waals surface area contributed by atoms with Gasteiger partial charge in [0.2, 0.25) is 0 Å². The Bertz CT molecular complexity index is 557. The van der Waals surface area contributed by atoms with Gasteiger partial charge in [-0.05, 0) is 40.4 Å². The fraction of sp³-hybridized carbons (Fsp3) is 0.333. The highest BCUT2D eigenvalue weighted by Crippen LogP contribution is 2.40. The van der Waals surface area contributed by atoms with Gasteiger partial charge in [-0.25, -0.2) is 4.98 Å². The highest BCUT2D eigenvalue weighted by molar-refractivity contribution is 9.10. The third-order valence-electron chi connectivity index (χ3n) is 2.94. The van der Waals surface area contributed by atoms with E-state index in [-0.39, 0.29) is 0 Å². The molecule has 82 valence electrons. The fourth-order valence-electron chi connectivity index (χ4n) is 1.96. The zero-order chi connectivity index (χ0) is 11.1. The van der Waals surface area contributed by atoms with Crippen molar-refractivity contribution in [3.05, 3.63) is 34.3 Å². The molecule has 4 heteroatoms. The lowest BCUT2D eigenvalue weighted by atomic mass is 10.2. The third kappa shape index (κ3) is 1.57. The average Bonchev–Trinajstić information content (AvgIpc) is 3.06. The second kappa shape index (κ2) is 3.70. The van der Waals surface area contributed by atoms with Crippen LogP contribution in [0.3, 0.4) is 0 Å². The van der Waals surface area contributed by atoms with E-state index in [0.717, 1.165) is 27.8 Å². The van der Waals surface area contributed by atoms with Gasteiger partial charge in [0.15, 0.2) is 0 Å². The van der Waals surface area contributed by atoms with Crippen molar-refractivity contribution in [3.8, 4) is 0 Å². The first kappa shape index (κ1) is 10.0. The van der Waals surface area contributed by atoms with Gasteiger partial charge < -0.3 is 9.20 Å². The molecule has 0 bridgehead atoms. The number of pyridine rings is 1. The van der Waals surface area contributed by atoms with Gasteiger partial charge in [-0.15, -0.1) is 0 Å². The number of fused-ring (bicyclic) bond motifs is 1. The average molecular weight is 279 g/mol. The Balaban J connectivity index is 2.18. The van der Waals surface area contributed by atoms with Crippen molar-refractivity contribution in [3.63, 3.8) is 0 Å². The number of hydrogen-bond acceptors (Lipinski definition) is 2. The van der Waals surface area contributed by atoms with E-state index in [4.69, 9.17) is 0 Å². The van der Waals surface area contributed by atoms with Crippen molar-refractivity contribution in [1.29, 1.82) is 0 Å². The second-order valence-electron chi connectivity index (χ2n) is 4.20. The standard InChI is InChI=1S/C12H11BrN2O/c13-11-10-4-1-8(5-6-16)7-15(10)12(14-11)9-2-3-9/h1,4,6-7,9H,2-3,5H2. The summed E-state index contributed by atoms with van der Waals surface area (Å²) in [5.41, 5.74) is 2.12. The molecule has 0 amide bonds. The third-order valence-corrected chi connectivity index (χ3v) is 3.53. The summed E-state index contributed by atoms with van der Waals surface area (Å²) >= 11 is 3.48. The molecule has 0 spiro atoms. The van der Waals surface area contributed by atoms with Crippen LogP contribution in [0.4, 0.5) is 0 Å². The van der Waals surface area contributed by atoms with Gasteiger partial charge in [0.05, 0.1) is 5.52 Å². The number of rotatable bonds is 3. The Labute approximate surface area is 102 Å². The number of nitrogens with zero attached hydrogens (tertiary/aromatic N) is 2. The lowest BCUT2D eigenvalue weighted by Gasteiger charge is -2.01. The SMILES string of the molecule is O=CCc1ccc2c(Br)nc(C3CC3)n2c1. The lowest BCUT2D eigenvalue weighted by molar-refractivity contribution is -0.107. The smallest absolute Gasteiger partial charge is 0.132 e. The monoisotopic (exact) mass is 278 g/mol. The van der Waals surface area contributed by atoms with Crippen LogP contribution in [0.15, 0.2) is 22.9 Å². The molecule has 0 saturated heterocycles. The predicted molar refractivity (Wildman–Crippen MR) is 64.6 cm³/mol. The van der Waals surface area contributed by atoms with Gasteiger partial charge in [0, 0.05) is 18.5 Å². The minimum atomic E-state index is 0.468. The second-order valence-corrected chi connectivity index (χ2v) is 4.95. The minimum absolute atomic E-state index is 0.468. The van der Waals surface area contributed by atoms with Gasteiger partial charge in [0.1, 0.15) is 16.7 Å². The molecule has 16 heavy (non-hydrogen) atoms. The molecular formula is C12H11BrN2O. The number of carbonyl (C=O) groups excluding carboxylic acids is 1. The quantitative estimate of drug-likeness (QED) is 0.809. The molecule has 1 saturated carbocycles. The topological polar surface area (TPSA) is 34.4 Å². The predicted octanol–water partition coefficient (Wildman–Crippen LogP) is 2.72. The summed E-state index contributed by atoms with van der Waals surface area (Å²) in [6.07, 6.45) is 5.88. The first-order valence-corrected chi connectivity index (χ1v) is 6.19. The van der Waals surface area contributed by atoms with E-state index < -0.39 is 0 Å². The van der Waals surface area contributed by atoms with Gasteiger partial charge in [-0.1, -0.05) is 6.07 Å². The maximum absolute atomic E-state index is 10.5. The van der Waals surface area contributed by atoms with E-state index in [0.29, 0.717) is 12.3 Å². The number of hydrogen-bond donors (Lipinski definition) is 0. The molecule has 2 aromatic heterocycles. The summed E-state index contributed by atoms with van der Waals surface area (Å²) in [6.45, 7) is 0. The van der Waals surface area contributed by atoms with Gasteiger partial charge >= 0.3 is 0 Å². The molecule has 1 fully saturated rings. The van der Waals surface area contributed by atoms with Crippen LogP contribution in [0.25, 0.3) is 5.52 Å². The van der Waals surface area contributed by atoms with E-state index in [1.54, 1.807) is 0 Å². The Morgan fingerprint density at radius 3 is 3.00 bits per heavy atom. The molecule has 0 aliphatic heterocycles. The molecule has 0 atom stereocenters. The minimum Gasteiger partial charge on any atom is -0.303 e. The summed E-state index contributed by atoms with van der Waals surface area (Å²) in [4.78, 5) is 15.1. The maximum Gasteiger partial charge on any atom is 0.132 e. The molecule has 1 aliphatic carbocycles. The van der Waals surface area contributed by atoms with E-state index >= 15 is 0 Å². The van der Waals surface area contributed by atoms with Crippen LogP contribution in [-0.4, -0.2) is 15.7 Å². The lowest BCUT2D eigenvalue weighted by Crippen LogP contribution is -1.95. The van der Waals surface area contributed by atoms with Crippen molar-refractivity contribution in [2.24, 2.45) is 0 Å². The first-order valence-electron chi connectivity index (χ1n) is 5.39. The highest BCUT2D eigenvalue weighted by atomic mass is 79.9. The van der Waals surface area contributed by atoms with Crippen molar-refractivity contribution in [2.75, 3.05) is 0 Å². The molecule has 1 aliphatic rings. The number of halogens is 1. The Morgan fingerprint density at radius 2 is 2.31 bits per heavy atom. The zero-order valence-corrected chi connectivity index (χ0v) is 10.3. The number of aromatic nitrogens is 2. The van der Waals surface area contributed by atoms with Crippen LogP contribution in [0.5, 0.6) is 0 Å². The van der Waals surface area contributed by atoms with Crippen molar-refractivity contribution in [2.45, 2.75) is 25.2 Å². The summed E-state index contributed by atoms with van der Waals surface area (Å²) in [6, 6.07) is 3.99. The van der Waals surface area contributed by atoms with Gasteiger partial charge in [-0.3, -0.25) is 0 Å². The molecule has 3 nitrogen and oxygen atoms in total. The fourth-order valence-corrected chi connectivity index (χ4v) is 2.47. The molecule has 0 N–H and O–H groups in total. The molecule has 0 unspecified atom stereocenters. The zero-order valence-electron chi connectivity index (χ0n) is 8.69. The summed E-state index contributed by atoms with van der Waals surface area (Å²) in [5, 5.41) is 0. The van der Waals surface area contributed by atoms with Crippen molar-refractivity contribution < 1.29 is 4.79 Å². The van der Waals surface area contributed by atoms with E-state index in [2.05, 4.69) is 25.3 Å². The molecule has 0 aromatic carbocycles. The van der Waals surface area contributed by atoms with Gasteiger partial charge in [-0.2, -0.15) is 0 Å². The van der Waals surface area contributed by atoms with Crippen LogP contribution in [0, 0.1) is 0 Å². The van der Waals surface area contributed by atoms with Crippen molar-refractivity contribution >= 4 is 27.7 Å². The van der Waals surface area contributed by atoms with Crippen LogP contribution in [0.1, 0.15) is 30.1 Å². The number of carbonyl (C=O) groups is 1. The molecule has 2 aromatic rings. The number of imidazole rings is 1. The summed E-state index contributed by atoms with van der Waals surface area (Å²) < 4.78 is 3.01. The number of aldehydes is 1. The molecule has 0 radical (unpaired) electrons. The van der Waals surface area contributed by atoms with Gasteiger partial charge in [0.25, 0.3) is 0 Å². The Hall–Kier alpha value is -1.16. The largest absolute Gasteiger partial charge is 0.303 e. The molecule has 3 rings (SSSR count). The van der Waals surface area contributed by atoms with Crippen LogP contribution in [0.2, 0.25) is 0 Å². The van der Waals surface area contributed by atoms with Crippen LogP contribution in [-0.2, 0) is 11.2 Å².